The molecule has 0 bridgehead atoms. The van der Waals surface area contributed by atoms with Crippen molar-refractivity contribution in [1.82, 2.24) is 9.97 Å². The third-order valence-electron chi connectivity index (χ3n) is 3.76. The Balaban J connectivity index is 2.75. The van der Waals surface area contributed by atoms with Crippen molar-refractivity contribution >= 4 is 0 Å². The molecule has 1 aromatic heterocycles. The summed E-state index contributed by atoms with van der Waals surface area (Å²) in [6.07, 6.45) is 2.61. The standard InChI is InChI=1S/C18H22N2O3/c1-5-12-18(21,13-10-8-7-9-11-13)15-14(6-2)16(22-3)20-17(19-15)23-4/h5,7-11,21H,1,6,12H2,2-4H3. The van der Waals surface area contributed by atoms with E-state index in [1.807, 2.05) is 37.3 Å². The van der Waals surface area contributed by atoms with E-state index in [-0.39, 0.29) is 6.01 Å². The lowest BCUT2D eigenvalue weighted by Crippen LogP contribution is -2.30. The van der Waals surface area contributed by atoms with Gasteiger partial charge in [0.2, 0.25) is 5.88 Å². The minimum atomic E-state index is -1.32. The van der Waals surface area contributed by atoms with Gasteiger partial charge in [-0.2, -0.15) is 9.97 Å². The van der Waals surface area contributed by atoms with Gasteiger partial charge >= 0.3 is 6.01 Å². The van der Waals surface area contributed by atoms with Crippen LogP contribution in [-0.4, -0.2) is 29.3 Å². The molecule has 0 aliphatic rings. The Bertz CT molecular complexity index is 673. The summed E-state index contributed by atoms with van der Waals surface area (Å²) < 4.78 is 10.5. The number of methoxy groups -OCH3 is 2. The van der Waals surface area contributed by atoms with Crippen molar-refractivity contribution in [3.05, 3.63) is 59.8 Å². The Morgan fingerprint density at radius 1 is 1.17 bits per heavy atom. The van der Waals surface area contributed by atoms with Crippen LogP contribution in [-0.2, 0) is 12.0 Å². The van der Waals surface area contributed by atoms with Crippen molar-refractivity contribution < 1.29 is 14.6 Å². The van der Waals surface area contributed by atoms with Gasteiger partial charge in [0.1, 0.15) is 5.60 Å². The Morgan fingerprint density at radius 2 is 1.87 bits per heavy atom. The summed E-state index contributed by atoms with van der Waals surface area (Å²) in [5.41, 5.74) is 0.645. The van der Waals surface area contributed by atoms with Crippen LogP contribution in [0.2, 0.25) is 0 Å². The van der Waals surface area contributed by atoms with Crippen molar-refractivity contribution in [2.75, 3.05) is 14.2 Å². The smallest absolute Gasteiger partial charge is 0.319 e. The predicted molar refractivity (Wildman–Crippen MR) is 88.8 cm³/mol. The van der Waals surface area contributed by atoms with Crippen LogP contribution >= 0.6 is 0 Å². The molecule has 0 radical (unpaired) electrons. The average molecular weight is 314 g/mol. The molecular formula is C18H22N2O3. The summed E-state index contributed by atoms with van der Waals surface area (Å²) in [7, 11) is 3.03. The van der Waals surface area contributed by atoms with Gasteiger partial charge < -0.3 is 14.6 Å². The molecule has 1 heterocycles. The molecule has 0 aliphatic heterocycles. The number of hydrogen-bond donors (Lipinski definition) is 1. The monoisotopic (exact) mass is 314 g/mol. The minimum Gasteiger partial charge on any atom is -0.481 e. The third-order valence-corrected chi connectivity index (χ3v) is 3.76. The van der Waals surface area contributed by atoms with Crippen molar-refractivity contribution in [2.24, 2.45) is 0 Å². The van der Waals surface area contributed by atoms with Crippen LogP contribution in [0.3, 0.4) is 0 Å². The summed E-state index contributed by atoms with van der Waals surface area (Å²) in [4.78, 5) is 8.64. The summed E-state index contributed by atoms with van der Waals surface area (Å²) in [6.45, 7) is 5.74. The first-order chi connectivity index (χ1) is 11.1. The van der Waals surface area contributed by atoms with E-state index in [4.69, 9.17) is 9.47 Å². The van der Waals surface area contributed by atoms with Gasteiger partial charge in [-0.15, -0.1) is 6.58 Å². The first-order valence-electron chi connectivity index (χ1n) is 7.48. The SMILES string of the molecule is C=CCC(O)(c1ccccc1)c1nc(OC)nc(OC)c1CC. The van der Waals surface area contributed by atoms with Gasteiger partial charge in [-0.3, -0.25) is 0 Å². The lowest BCUT2D eigenvalue weighted by molar-refractivity contribution is 0.0769. The Labute approximate surface area is 136 Å². The van der Waals surface area contributed by atoms with Gasteiger partial charge in [-0.05, 0) is 12.0 Å². The average Bonchev–Trinajstić information content (AvgIpc) is 2.61. The zero-order valence-corrected chi connectivity index (χ0v) is 13.7. The molecule has 0 amide bonds. The Kier molecular flexibility index (Phi) is 5.34. The highest BCUT2D eigenvalue weighted by Crippen LogP contribution is 2.37. The molecule has 0 saturated carbocycles. The van der Waals surface area contributed by atoms with Crippen LogP contribution in [0, 0.1) is 0 Å². The highest BCUT2D eigenvalue weighted by atomic mass is 16.5. The number of aromatic nitrogens is 2. The van der Waals surface area contributed by atoms with Gasteiger partial charge in [0, 0.05) is 12.0 Å². The Hall–Kier alpha value is -2.40. The summed E-state index contributed by atoms with van der Waals surface area (Å²) in [6, 6.07) is 9.55. The van der Waals surface area contributed by atoms with Gasteiger partial charge in [-0.25, -0.2) is 0 Å². The molecule has 1 N–H and O–H groups in total. The van der Waals surface area contributed by atoms with E-state index in [0.717, 1.165) is 11.1 Å². The number of rotatable bonds is 7. The molecule has 23 heavy (non-hydrogen) atoms. The second-order valence-corrected chi connectivity index (χ2v) is 5.12. The maximum Gasteiger partial charge on any atom is 0.319 e. The van der Waals surface area contributed by atoms with Crippen LogP contribution in [0.5, 0.6) is 11.9 Å². The number of hydrogen-bond acceptors (Lipinski definition) is 5. The first kappa shape index (κ1) is 17.0. The molecule has 0 aliphatic carbocycles. The van der Waals surface area contributed by atoms with Gasteiger partial charge in [0.05, 0.1) is 19.9 Å². The normalized spacial score (nSPS) is 13.2. The van der Waals surface area contributed by atoms with Crippen LogP contribution in [0.25, 0.3) is 0 Å². The van der Waals surface area contributed by atoms with Crippen LogP contribution in [0.1, 0.15) is 30.2 Å². The molecule has 5 nitrogen and oxygen atoms in total. The molecule has 1 unspecified atom stereocenters. The topological polar surface area (TPSA) is 64.5 Å². The highest BCUT2D eigenvalue weighted by molar-refractivity contribution is 5.42. The number of benzene rings is 1. The fourth-order valence-electron chi connectivity index (χ4n) is 2.64. The number of aliphatic hydroxyl groups is 1. The highest BCUT2D eigenvalue weighted by Gasteiger charge is 2.36. The third kappa shape index (κ3) is 3.19. The molecule has 1 aromatic carbocycles. The molecule has 0 saturated heterocycles. The molecule has 5 heteroatoms. The summed E-state index contributed by atoms with van der Waals surface area (Å²) in [5, 5.41) is 11.4. The van der Waals surface area contributed by atoms with Gasteiger partial charge in [-0.1, -0.05) is 43.3 Å². The van der Waals surface area contributed by atoms with E-state index < -0.39 is 5.60 Å². The predicted octanol–water partition coefficient (Wildman–Crippen LogP) is 2.87. The maximum absolute atomic E-state index is 11.4. The summed E-state index contributed by atoms with van der Waals surface area (Å²) >= 11 is 0. The van der Waals surface area contributed by atoms with Crippen molar-refractivity contribution in [2.45, 2.75) is 25.4 Å². The molecule has 1 atom stereocenters. The molecular weight excluding hydrogens is 292 g/mol. The van der Waals surface area contributed by atoms with Crippen LogP contribution in [0.15, 0.2) is 43.0 Å². The zero-order chi connectivity index (χ0) is 16.9. The molecule has 122 valence electrons. The summed E-state index contributed by atoms with van der Waals surface area (Å²) in [5.74, 6) is 0.410. The van der Waals surface area contributed by atoms with Crippen LogP contribution in [0.4, 0.5) is 0 Å². The molecule has 0 fully saturated rings. The second-order valence-electron chi connectivity index (χ2n) is 5.12. The van der Waals surface area contributed by atoms with Crippen molar-refractivity contribution in [3.63, 3.8) is 0 Å². The van der Waals surface area contributed by atoms with E-state index in [1.165, 1.54) is 7.11 Å². The quantitative estimate of drug-likeness (QED) is 0.796. The maximum atomic E-state index is 11.4. The van der Waals surface area contributed by atoms with E-state index >= 15 is 0 Å². The van der Waals surface area contributed by atoms with Gasteiger partial charge in [0.15, 0.2) is 0 Å². The fourth-order valence-corrected chi connectivity index (χ4v) is 2.64. The van der Waals surface area contributed by atoms with Crippen LogP contribution < -0.4 is 9.47 Å². The zero-order valence-electron chi connectivity index (χ0n) is 13.7. The minimum absolute atomic E-state index is 0.160. The molecule has 0 spiro atoms. The van der Waals surface area contributed by atoms with E-state index in [0.29, 0.717) is 24.4 Å². The Morgan fingerprint density at radius 3 is 2.39 bits per heavy atom. The second kappa shape index (κ2) is 7.24. The van der Waals surface area contributed by atoms with E-state index in [2.05, 4.69) is 16.5 Å². The number of nitrogens with zero attached hydrogens (tertiary/aromatic N) is 2. The molecule has 2 aromatic rings. The lowest BCUT2D eigenvalue weighted by Gasteiger charge is -2.29. The molecule has 2 rings (SSSR count). The van der Waals surface area contributed by atoms with E-state index in [1.54, 1.807) is 13.2 Å². The lowest BCUT2D eigenvalue weighted by atomic mass is 9.84. The van der Waals surface area contributed by atoms with Crippen molar-refractivity contribution in [3.8, 4) is 11.9 Å². The van der Waals surface area contributed by atoms with E-state index in [9.17, 15) is 5.11 Å². The first-order valence-corrected chi connectivity index (χ1v) is 7.48. The van der Waals surface area contributed by atoms with Crippen molar-refractivity contribution in [1.29, 1.82) is 0 Å². The fraction of sp³-hybridized carbons (Fsp3) is 0.333. The number of ether oxygens (including phenoxy) is 2. The largest absolute Gasteiger partial charge is 0.481 e. The van der Waals surface area contributed by atoms with Gasteiger partial charge in [0.25, 0.3) is 0 Å².